The van der Waals surface area contributed by atoms with Crippen LogP contribution < -0.4 is 4.72 Å². The van der Waals surface area contributed by atoms with Crippen LogP contribution in [0, 0.1) is 0 Å². The van der Waals surface area contributed by atoms with E-state index in [1.54, 1.807) is 13.8 Å². The standard InChI is InChI=1S/C7H14BrNO4S/c1-7(2)12-4-6(13-7)3-9-14(10,11)5-8/h6,9H,3-5H2,1-2H3. The lowest BCUT2D eigenvalue weighted by Gasteiger charge is -2.17. The normalized spacial score (nSPS) is 26.6. The lowest BCUT2D eigenvalue weighted by Crippen LogP contribution is -2.34. The van der Waals surface area contributed by atoms with Gasteiger partial charge in [0.05, 0.1) is 12.7 Å². The third-order valence-electron chi connectivity index (χ3n) is 1.74. The second kappa shape index (κ2) is 4.44. The molecule has 1 atom stereocenters. The Morgan fingerprint density at radius 3 is 2.64 bits per heavy atom. The van der Waals surface area contributed by atoms with Crippen LogP contribution in [0.4, 0.5) is 0 Å². The molecule has 7 heteroatoms. The van der Waals surface area contributed by atoms with Crippen molar-refractivity contribution in [1.29, 1.82) is 0 Å². The van der Waals surface area contributed by atoms with Gasteiger partial charge in [-0.2, -0.15) is 0 Å². The van der Waals surface area contributed by atoms with Crippen LogP contribution in [0.3, 0.4) is 0 Å². The number of rotatable bonds is 4. The minimum absolute atomic E-state index is 0.100. The molecule has 0 aromatic rings. The number of sulfonamides is 1. The first kappa shape index (κ1) is 12.4. The van der Waals surface area contributed by atoms with Gasteiger partial charge in [-0.15, -0.1) is 0 Å². The van der Waals surface area contributed by atoms with Gasteiger partial charge in [0.2, 0.25) is 10.0 Å². The van der Waals surface area contributed by atoms with E-state index in [0.29, 0.717) is 6.61 Å². The van der Waals surface area contributed by atoms with Crippen molar-refractivity contribution in [1.82, 2.24) is 4.72 Å². The van der Waals surface area contributed by atoms with Crippen molar-refractivity contribution in [2.75, 3.05) is 17.8 Å². The van der Waals surface area contributed by atoms with Gasteiger partial charge in [0.25, 0.3) is 0 Å². The fraction of sp³-hybridized carbons (Fsp3) is 1.00. The second-order valence-corrected chi connectivity index (χ2v) is 6.63. The van der Waals surface area contributed by atoms with E-state index in [1.165, 1.54) is 0 Å². The number of hydrogen-bond donors (Lipinski definition) is 1. The quantitative estimate of drug-likeness (QED) is 0.761. The molecule has 0 spiro atoms. The molecule has 1 fully saturated rings. The number of hydrogen-bond acceptors (Lipinski definition) is 4. The maximum absolute atomic E-state index is 11.1. The number of alkyl halides is 1. The monoisotopic (exact) mass is 287 g/mol. The Morgan fingerprint density at radius 1 is 1.57 bits per heavy atom. The minimum atomic E-state index is -3.21. The van der Waals surface area contributed by atoms with Gasteiger partial charge in [-0.1, -0.05) is 15.9 Å². The number of ether oxygens (including phenoxy) is 2. The van der Waals surface area contributed by atoms with Crippen LogP contribution in [0.5, 0.6) is 0 Å². The first-order chi connectivity index (χ1) is 6.35. The van der Waals surface area contributed by atoms with E-state index in [4.69, 9.17) is 9.47 Å². The summed E-state index contributed by atoms with van der Waals surface area (Å²) >= 11 is 2.88. The first-order valence-electron chi connectivity index (χ1n) is 4.20. The molecular weight excluding hydrogens is 274 g/mol. The Balaban J connectivity index is 2.35. The molecule has 0 radical (unpaired) electrons. The zero-order valence-corrected chi connectivity index (χ0v) is 10.5. The van der Waals surface area contributed by atoms with Crippen molar-refractivity contribution in [3.8, 4) is 0 Å². The summed E-state index contributed by atoms with van der Waals surface area (Å²) in [5.41, 5.74) is 0. The van der Waals surface area contributed by atoms with E-state index >= 15 is 0 Å². The fourth-order valence-electron chi connectivity index (χ4n) is 1.12. The van der Waals surface area contributed by atoms with Crippen LogP contribution in [0.15, 0.2) is 0 Å². The lowest BCUT2D eigenvalue weighted by molar-refractivity contribution is -0.137. The van der Waals surface area contributed by atoms with Gasteiger partial charge in [-0.25, -0.2) is 13.1 Å². The zero-order valence-electron chi connectivity index (χ0n) is 8.12. The third-order valence-corrected chi connectivity index (χ3v) is 4.44. The molecular formula is C7H14BrNO4S. The van der Waals surface area contributed by atoms with Gasteiger partial charge in [-0.3, -0.25) is 0 Å². The first-order valence-corrected chi connectivity index (χ1v) is 6.97. The largest absolute Gasteiger partial charge is 0.348 e. The zero-order chi connectivity index (χ0) is 10.8. The highest BCUT2D eigenvalue weighted by molar-refractivity contribution is 9.10. The predicted molar refractivity (Wildman–Crippen MR) is 55.6 cm³/mol. The SMILES string of the molecule is CC1(C)OCC(CNS(=O)(=O)CBr)O1. The second-order valence-electron chi connectivity index (χ2n) is 3.52. The van der Waals surface area contributed by atoms with Crippen LogP contribution in [-0.4, -0.2) is 38.1 Å². The van der Waals surface area contributed by atoms with Crippen LogP contribution in [0.25, 0.3) is 0 Å². The van der Waals surface area contributed by atoms with E-state index in [0.717, 1.165) is 0 Å². The Hall–Kier alpha value is 0.310. The molecule has 1 saturated heterocycles. The predicted octanol–water partition coefficient (Wildman–Crippen LogP) is 0.410. The summed E-state index contributed by atoms with van der Waals surface area (Å²) in [6.07, 6.45) is -0.209. The van der Waals surface area contributed by atoms with Crippen molar-refractivity contribution < 1.29 is 17.9 Å². The molecule has 5 nitrogen and oxygen atoms in total. The Labute approximate surface area is 92.3 Å². The highest BCUT2D eigenvalue weighted by Crippen LogP contribution is 2.21. The Morgan fingerprint density at radius 2 is 2.21 bits per heavy atom. The molecule has 0 amide bonds. The van der Waals surface area contributed by atoms with Crippen molar-refractivity contribution in [2.45, 2.75) is 25.7 Å². The Bertz CT molecular complexity index is 290. The summed E-state index contributed by atoms with van der Waals surface area (Å²) in [5, 5.41) is 0. The van der Waals surface area contributed by atoms with Crippen LogP contribution in [-0.2, 0) is 19.5 Å². The molecule has 0 aromatic heterocycles. The van der Waals surface area contributed by atoms with Crippen molar-refractivity contribution in [3.63, 3.8) is 0 Å². The van der Waals surface area contributed by atoms with E-state index in [2.05, 4.69) is 20.7 Å². The van der Waals surface area contributed by atoms with Crippen LogP contribution >= 0.6 is 15.9 Å². The Kier molecular flexibility index (Phi) is 3.93. The molecule has 14 heavy (non-hydrogen) atoms. The summed E-state index contributed by atoms with van der Waals surface area (Å²) in [5.74, 6) is -0.607. The molecule has 84 valence electrons. The van der Waals surface area contributed by atoms with Gasteiger partial charge >= 0.3 is 0 Å². The van der Waals surface area contributed by atoms with E-state index in [9.17, 15) is 8.42 Å². The minimum Gasteiger partial charge on any atom is -0.348 e. The van der Waals surface area contributed by atoms with Crippen molar-refractivity contribution >= 4 is 26.0 Å². The molecule has 0 bridgehead atoms. The summed E-state index contributed by atoms with van der Waals surface area (Å²) in [6.45, 7) is 4.26. The van der Waals surface area contributed by atoms with E-state index < -0.39 is 15.8 Å². The van der Waals surface area contributed by atoms with Crippen LogP contribution in [0.2, 0.25) is 0 Å². The average Bonchev–Trinajstić information content (AvgIpc) is 2.43. The molecule has 0 aliphatic carbocycles. The van der Waals surface area contributed by atoms with Gasteiger partial charge in [-0.05, 0) is 13.8 Å². The van der Waals surface area contributed by atoms with E-state index in [-0.39, 0.29) is 17.3 Å². The highest BCUT2D eigenvalue weighted by atomic mass is 79.9. The van der Waals surface area contributed by atoms with Gasteiger partial charge in [0, 0.05) is 6.54 Å². The third kappa shape index (κ3) is 3.82. The van der Waals surface area contributed by atoms with Crippen molar-refractivity contribution in [3.05, 3.63) is 0 Å². The summed E-state index contributed by atoms with van der Waals surface area (Å²) in [6, 6.07) is 0. The molecule has 1 aliphatic heterocycles. The average molecular weight is 288 g/mol. The lowest BCUT2D eigenvalue weighted by atomic mass is 10.4. The summed E-state index contributed by atoms with van der Waals surface area (Å²) in [4.78, 5) is 0. The maximum Gasteiger partial charge on any atom is 0.221 e. The van der Waals surface area contributed by atoms with E-state index in [1.807, 2.05) is 0 Å². The van der Waals surface area contributed by atoms with Crippen molar-refractivity contribution in [2.24, 2.45) is 0 Å². The molecule has 1 rings (SSSR count). The smallest absolute Gasteiger partial charge is 0.221 e. The molecule has 0 saturated carbocycles. The maximum atomic E-state index is 11.1. The number of nitrogens with one attached hydrogen (secondary N) is 1. The summed E-state index contributed by atoms with van der Waals surface area (Å²) < 4.78 is 35.1. The van der Waals surface area contributed by atoms with Gasteiger partial charge in [0.15, 0.2) is 5.79 Å². The highest BCUT2D eigenvalue weighted by Gasteiger charge is 2.32. The molecule has 1 N–H and O–H groups in total. The van der Waals surface area contributed by atoms with Crippen LogP contribution in [0.1, 0.15) is 13.8 Å². The fourth-order valence-corrected chi connectivity index (χ4v) is 2.12. The van der Waals surface area contributed by atoms with Gasteiger partial charge in [0.1, 0.15) is 4.66 Å². The molecule has 0 aromatic carbocycles. The van der Waals surface area contributed by atoms with Gasteiger partial charge < -0.3 is 9.47 Å². The molecule has 1 aliphatic rings. The molecule has 1 heterocycles. The topological polar surface area (TPSA) is 64.6 Å². The molecule has 1 unspecified atom stereocenters. The summed E-state index contributed by atoms with van der Waals surface area (Å²) in [7, 11) is -3.21. The number of halogens is 1.